The number of benzene rings is 1. The second-order valence-corrected chi connectivity index (χ2v) is 6.54. The van der Waals surface area contributed by atoms with Crippen LogP contribution in [-0.4, -0.2) is 43.5 Å². The van der Waals surface area contributed by atoms with Crippen molar-refractivity contribution in [3.63, 3.8) is 0 Å². The molecule has 3 aromatic heterocycles. The lowest BCUT2D eigenvalue weighted by atomic mass is 10.0. The number of halogens is 3. The van der Waals surface area contributed by atoms with Crippen LogP contribution in [0.15, 0.2) is 55.2 Å². The zero-order valence-electron chi connectivity index (χ0n) is 16.5. The molecule has 32 heavy (non-hydrogen) atoms. The highest BCUT2D eigenvalue weighted by atomic mass is 19.4. The Hall–Kier alpha value is -4.26. The summed E-state index contributed by atoms with van der Waals surface area (Å²) in [5, 5.41) is 5.43. The van der Waals surface area contributed by atoms with Gasteiger partial charge in [0.15, 0.2) is 0 Å². The third kappa shape index (κ3) is 5.26. The molecule has 1 N–H and O–H groups in total. The molecule has 4 aromatic rings. The number of terminal acetylenes is 1. The Morgan fingerprint density at radius 2 is 2.00 bits per heavy atom. The molecule has 0 radical (unpaired) electrons. The molecule has 0 aliphatic rings. The zero-order valence-corrected chi connectivity index (χ0v) is 16.5. The predicted octanol–water partition coefficient (Wildman–Crippen LogP) is 3.99. The average Bonchev–Trinajstić information content (AvgIpc) is 3.47. The third-order valence-corrected chi connectivity index (χ3v) is 4.42. The molecule has 0 aliphatic heterocycles. The van der Waals surface area contributed by atoms with E-state index in [9.17, 15) is 18.0 Å². The maximum atomic E-state index is 11.1. The first-order valence-electron chi connectivity index (χ1n) is 9.20. The number of carbonyl (C=O) groups is 2. The SMILES string of the molecule is C#CCC(c1cccc(C=O)c1)n1cc(-c2ncnc3[nH]ccc23)cn1.O=CC(F)(F)F. The van der Waals surface area contributed by atoms with Crippen molar-refractivity contribution < 1.29 is 22.8 Å². The first kappa shape index (κ1) is 22.4. The summed E-state index contributed by atoms with van der Waals surface area (Å²) in [5.74, 6) is 2.70. The van der Waals surface area contributed by atoms with Gasteiger partial charge in [0, 0.05) is 35.3 Å². The van der Waals surface area contributed by atoms with E-state index in [1.165, 1.54) is 6.33 Å². The number of H-pyrrole nitrogens is 1. The molecular weight excluding hydrogens is 423 g/mol. The number of rotatable bonds is 5. The third-order valence-electron chi connectivity index (χ3n) is 4.42. The van der Waals surface area contributed by atoms with Crippen molar-refractivity contribution in [2.45, 2.75) is 18.6 Å². The summed E-state index contributed by atoms with van der Waals surface area (Å²) in [6, 6.07) is 9.19. The van der Waals surface area contributed by atoms with Crippen molar-refractivity contribution in [2.24, 2.45) is 0 Å². The number of aromatic amines is 1. The van der Waals surface area contributed by atoms with Gasteiger partial charge in [-0.2, -0.15) is 18.3 Å². The summed E-state index contributed by atoms with van der Waals surface area (Å²) in [4.78, 5) is 31.5. The Balaban J connectivity index is 0.000000427. The molecule has 4 rings (SSSR count). The second-order valence-electron chi connectivity index (χ2n) is 6.54. The summed E-state index contributed by atoms with van der Waals surface area (Å²) in [5.41, 5.74) is 4.02. The first-order chi connectivity index (χ1) is 15.4. The van der Waals surface area contributed by atoms with E-state index < -0.39 is 12.5 Å². The maximum absolute atomic E-state index is 11.1. The monoisotopic (exact) mass is 439 g/mol. The largest absolute Gasteiger partial charge is 0.446 e. The Morgan fingerprint density at radius 3 is 2.69 bits per heavy atom. The van der Waals surface area contributed by atoms with Crippen LogP contribution in [0.1, 0.15) is 28.4 Å². The topological polar surface area (TPSA) is 93.5 Å². The Kier molecular flexibility index (Phi) is 6.80. The average molecular weight is 439 g/mol. The molecule has 0 aliphatic carbocycles. The summed E-state index contributed by atoms with van der Waals surface area (Å²) in [7, 11) is 0. The zero-order chi connectivity index (χ0) is 23.1. The van der Waals surface area contributed by atoms with Gasteiger partial charge in [-0.25, -0.2) is 9.97 Å². The molecule has 1 atom stereocenters. The van der Waals surface area contributed by atoms with Crippen molar-refractivity contribution >= 4 is 23.6 Å². The van der Waals surface area contributed by atoms with Gasteiger partial charge >= 0.3 is 6.18 Å². The Labute approximate surface area is 180 Å². The van der Waals surface area contributed by atoms with Crippen molar-refractivity contribution in [3.05, 3.63) is 66.4 Å². The van der Waals surface area contributed by atoms with Crippen molar-refractivity contribution in [1.29, 1.82) is 0 Å². The molecule has 162 valence electrons. The lowest BCUT2D eigenvalue weighted by Gasteiger charge is -2.16. The van der Waals surface area contributed by atoms with Crippen molar-refractivity contribution in [2.75, 3.05) is 0 Å². The standard InChI is InChI=1S/C20H15N5O.C2HF3O/c1-2-4-18(15-6-3-5-14(9-15)12-26)25-11-16(10-24-25)19-17-7-8-21-20(17)23-13-22-19;3-2(4,5)1-6/h1,3,5-13,18H,4H2,(H,21,22,23);1H. The van der Waals surface area contributed by atoms with Gasteiger partial charge in [0.05, 0.1) is 17.9 Å². The Bertz CT molecular complexity index is 1270. The van der Waals surface area contributed by atoms with Crippen LogP contribution < -0.4 is 0 Å². The molecule has 0 saturated heterocycles. The van der Waals surface area contributed by atoms with Crippen LogP contribution in [0.4, 0.5) is 13.2 Å². The van der Waals surface area contributed by atoms with E-state index in [1.54, 1.807) is 12.3 Å². The van der Waals surface area contributed by atoms with Gasteiger partial charge in [0.25, 0.3) is 0 Å². The van der Waals surface area contributed by atoms with Gasteiger partial charge in [-0.05, 0) is 17.7 Å². The fourth-order valence-electron chi connectivity index (χ4n) is 3.05. The van der Waals surface area contributed by atoms with Crippen LogP contribution in [0.25, 0.3) is 22.3 Å². The molecule has 1 aromatic carbocycles. The first-order valence-corrected chi connectivity index (χ1v) is 9.20. The number of carbonyl (C=O) groups excluding carboxylic acids is 2. The fourth-order valence-corrected chi connectivity index (χ4v) is 3.05. The molecule has 1 unspecified atom stereocenters. The lowest BCUT2D eigenvalue weighted by Crippen LogP contribution is -2.11. The van der Waals surface area contributed by atoms with Crippen molar-refractivity contribution in [1.82, 2.24) is 24.7 Å². The summed E-state index contributed by atoms with van der Waals surface area (Å²) in [6.45, 7) is 0. The molecule has 0 saturated carbocycles. The quantitative estimate of drug-likeness (QED) is 0.375. The normalized spacial score (nSPS) is 11.8. The van der Waals surface area contributed by atoms with Crippen LogP contribution in [0.2, 0.25) is 0 Å². The predicted molar refractivity (Wildman–Crippen MR) is 111 cm³/mol. The summed E-state index contributed by atoms with van der Waals surface area (Å²) in [6.07, 6.45) is 8.20. The lowest BCUT2D eigenvalue weighted by molar-refractivity contribution is -0.156. The van der Waals surface area contributed by atoms with Crippen LogP contribution in [-0.2, 0) is 4.79 Å². The van der Waals surface area contributed by atoms with Gasteiger partial charge in [0.2, 0.25) is 6.29 Å². The number of nitrogens with zero attached hydrogens (tertiary/aromatic N) is 4. The minimum absolute atomic E-state index is 0.155. The summed E-state index contributed by atoms with van der Waals surface area (Å²) >= 11 is 0. The number of fused-ring (bicyclic) bond motifs is 1. The number of aromatic nitrogens is 5. The maximum Gasteiger partial charge on any atom is 0.446 e. The van der Waals surface area contributed by atoms with E-state index in [0.717, 1.165) is 34.1 Å². The highest BCUT2D eigenvalue weighted by Crippen LogP contribution is 2.28. The van der Waals surface area contributed by atoms with Crippen molar-refractivity contribution in [3.8, 4) is 23.6 Å². The number of hydrogen-bond acceptors (Lipinski definition) is 5. The molecule has 7 nitrogen and oxygen atoms in total. The highest BCUT2D eigenvalue weighted by molar-refractivity contribution is 5.90. The molecule has 0 amide bonds. The van der Waals surface area contributed by atoms with Gasteiger partial charge < -0.3 is 4.98 Å². The summed E-state index contributed by atoms with van der Waals surface area (Å²) < 4.78 is 33.1. The van der Waals surface area contributed by atoms with Crippen LogP contribution in [0.3, 0.4) is 0 Å². The van der Waals surface area contributed by atoms with Crippen LogP contribution in [0.5, 0.6) is 0 Å². The second kappa shape index (κ2) is 9.70. The van der Waals surface area contributed by atoms with Gasteiger partial charge in [0.1, 0.15) is 18.3 Å². The van der Waals surface area contributed by atoms with E-state index in [4.69, 9.17) is 11.2 Å². The minimum Gasteiger partial charge on any atom is -0.346 e. The number of alkyl halides is 3. The Morgan fingerprint density at radius 1 is 1.22 bits per heavy atom. The van der Waals surface area contributed by atoms with Crippen LogP contribution in [0, 0.1) is 12.3 Å². The van der Waals surface area contributed by atoms with Gasteiger partial charge in [-0.1, -0.05) is 18.2 Å². The molecule has 0 bridgehead atoms. The smallest absolute Gasteiger partial charge is 0.346 e. The van der Waals surface area contributed by atoms with E-state index >= 15 is 0 Å². The molecule has 0 spiro atoms. The van der Waals surface area contributed by atoms with E-state index in [-0.39, 0.29) is 6.04 Å². The molecule has 0 fully saturated rings. The minimum atomic E-state index is -4.64. The molecular formula is C22H16F3N5O2. The molecule has 10 heteroatoms. The van der Waals surface area contributed by atoms with Crippen LogP contribution >= 0.6 is 0 Å². The van der Waals surface area contributed by atoms with E-state index in [0.29, 0.717) is 12.0 Å². The number of hydrogen-bond donors (Lipinski definition) is 1. The van der Waals surface area contributed by atoms with Gasteiger partial charge in [-0.15, -0.1) is 12.3 Å². The fraction of sp³-hybridized carbons (Fsp3) is 0.136. The highest BCUT2D eigenvalue weighted by Gasteiger charge is 2.25. The van der Waals surface area contributed by atoms with E-state index in [2.05, 4.69) is 26.0 Å². The number of nitrogens with one attached hydrogen (secondary N) is 1. The van der Waals surface area contributed by atoms with E-state index in [1.807, 2.05) is 41.3 Å². The molecule has 3 heterocycles. The van der Waals surface area contributed by atoms with Gasteiger partial charge in [-0.3, -0.25) is 14.3 Å². The number of aldehydes is 2.